The number of rotatable bonds is 3. The van der Waals surface area contributed by atoms with E-state index in [1.165, 1.54) is 17.1 Å². The molecule has 1 aliphatic heterocycles. The van der Waals surface area contributed by atoms with Crippen LogP contribution in [0.2, 0.25) is 0 Å². The monoisotopic (exact) mass is 211 g/mol. The second-order valence-electron chi connectivity index (χ2n) is 4.25. The van der Waals surface area contributed by atoms with Gasteiger partial charge in [-0.1, -0.05) is 13.8 Å². The molecule has 0 bridgehead atoms. The summed E-state index contributed by atoms with van der Waals surface area (Å²) in [6.07, 6.45) is 2.31. The maximum Gasteiger partial charge on any atom is 0.0932 e. The molecule has 0 spiro atoms. The lowest BCUT2D eigenvalue weighted by atomic mass is 10.1. The molecule has 0 saturated carbocycles. The largest absolute Gasteiger partial charge is 0.381 e. The molecule has 1 saturated heterocycles. The molecule has 1 aromatic rings. The Labute approximate surface area is 89.3 Å². The predicted molar refractivity (Wildman–Crippen MR) is 58.8 cm³/mol. The van der Waals surface area contributed by atoms with E-state index in [0.717, 1.165) is 19.6 Å². The Kier molecular flexibility index (Phi) is 3.19. The molecule has 3 heteroatoms. The molecule has 2 rings (SSSR count). The van der Waals surface area contributed by atoms with Crippen molar-refractivity contribution in [1.29, 1.82) is 0 Å². The molecule has 1 fully saturated rings. The highest BCUT2D eigenvalue weighted by Gasteiger charge is 2.17. The van der Waals surface area contributed by atoms with Gasteiger partial charge in [-0.15, -0.1) is 11.3 Å². The van der Waals surface area contributed by atoms with Gasteiger partial charge < -0.3 is 4.74 Å². The van der Waals surface area contributed by atoms with Gasteiger partial charge in [-0.2, -0.15) is 0 Å². The summed E-state index contributed by atoms with van der Waals surface area (Å²) in [7, 11) is 0. The molecule has 0 amide bonds. The van der Waals surface area contributed by atoms with Crippen molar-refractivity contribution in [3.05, 3.63) is 16.1 Å². The van der Waals surface area contributed by atoms with Gasteiger partial charge in [0.15, 0.2) is 0 Å². The summed E-state index contributed by atoms with van der Waals surface area (Å²) < 4.78 is 5.36. The Hall–Kier alpha value is -0.410. The molecule has 1 aromatic heterocycles. The van der Waals surface area contributed by atoms with Gasteiger partial charge in [0.1, 0.15) is 0 Å². The van der Waals surface area contributed by atoms with E-state index in [9.17, 15) is 0 Å². The first kappa shape index (κ1) is 10.1. The van der Waals surface area contributed by atoms with Crippen molar-refractivity contribution in [2.75, 3.05) is 13.2 Å². The van der Waals surface area contributed by atoms with Crippen molar-refractivity contribution in [3.63, 3.8) is 0 Å². The number of hydrogen-bond donors (Lipinski definition) is 0. The minimum atomic E-state index is 0.555. The summed E-state index contributed by atoms with van der Waals surface area (Å²) in [6, 6.07) is 0. The van der Waals surface area contributed by atoms with Crippen molar-refractivity contribution < 1.29 is 4.74 Å². The summed E-state index contributed by atoms with van der Waals surface area (Å²) in [4.78, 5) is 4.64. The summed E-state index contributed by atoms with van der Waals surface area (Å²) in [5.41, 5.74) is 1.24. The minimum absolute atomic E-state index is 0.555. The minimum Gasteiger partial charge on any atom is -0.381 e. The van der Waals surface area contributed by atoms with E-state index in [1.54, 1.807) is 11.3 Å². The molecule has 2 nitrogen and oxygen atoms in total. The van der Waals surface area contributed by atoms with Gasteiger partial charge in [0, 0.05) is 25.0 Å². The Morgan fingerprint density at radius 3 is 3.07 bits per heavy atom. The quantitative estimate of drug-likeness (QED) is 0.767. The molecule has 0 aromatic carbocycles. The normalized spacial score (nSPS) is 22.1. The molecule has 14 heavy (non-hydrogen) atoms. The topological polar surface area (TPSA) is 22.1 Å². The Bertz CT molecular complexity index is 289. The maximum absolute atomic E-state index is 5.36. The molecule has 0 N–H and O–H groups in total. The SMILES string of the molecule is CC(C)c1csc(CC2CCOC2)n1. The van der Waals surface area contributed by atoms with E-state index in [1.807, 2.05) is 0 Å². The van der Waals surface area contributed by atoms with E-state index in [-0.39, 0.29) is 0 Å². The lowest BCUT2D eigenvalue weighted by molar-refractivity contribution is 0.186. The highest BCUT2D eigenvalue weighted by molar-refractivity contribution is 7.09. The zero-order valence-corrected chi connectivity index (χ0v) is 9.64. The van der Waals surface area contributed by atoms with Gasteiger partial charge in [-0.05, 0) is 18.3 Å². The van der Waals surface area contributed by atoms with Crippen molar-refractivity contribution in [1.82, 2.24) is 4.98 Å². The zero-order chi connectivity index (χ0) is 9.97. The van der Waals surface area contributed by atoms with E-state index < -0.39 is 0 Å². The van der Waals surface area contributed by atoms with Crippen LogP contribution in [0.25, 0.3) is 0 Å². The second-order valence-corrected chi connectivity index (χ2v) is 5.20. The average molecular weight is 211 g/mol. The molecule has 0 radical (unpaired) electrons. The number of nitrogens with zero attached hydrogens (tertiary/aromatic N) is 1. The molecule has 1 atom stereocenters. The lowest BCUT2D eigenvalue weighted by Gasteiger charge is -2.03. The van der Waals surface area contributed by atoms with E-state index >= 15 is 0 Å². The predicted octanol–water partition coefficient (Wildman–Crippen LogP) is 2.85. The van der Waals surface area contributed by atoms with Crippen molar-refractivity contribution in [3.8, 4) is 0 Å². The highest BCUT2D eigenvalue weighted by Crippen LogP contribution is 2.23. The molecule has 1 aliphatic rings. The van der Waals surface area contributed by atoms with Gasteiger partial charge in [0.05, 0.1) is 10.7 Å². The van der Waals surface area contributed by atoms with Crippen LogP contribution in [0.15, 0.2) is 5.38 Å². The van der Waals surface area contributed by atoms with Crippen LogP contribution in [0.5, 0.6) is 0 Å². The summed E-state index contributed by atoms with van der Waals surface area (Å²) >= 11 is 1.80. The molecule has 0 aliphatic carbocycles. The lowest BCUT2D eigenvalue weighted by Crippen LogP contribution is -2.03. The number of aromatic nitrogens is 1. The number of hydrogen-bond acceptors (Lipinski definition) is 3. The summed E-state index contributed by atoms with van der Waals surface area (Å²) in [5, 5.41) is 3.47. The average Bonchev–Trinajstić information content (AvgIpc) is 2.75. The van der Waals surface area contributed by atoms with Crippen LogP contribution in [-0.2, 0) is 11.2 Å². The smallest absolute Gasteiger partial charge is 0.0932 e. The van der Waals surface area contributed by atoms with Crippen LogP contribution in [0.3, 0.4) is 0 Å². The molecular weight excluding hydrogens is 194 g/mol. The van der Waals surface area contributed by atoms with Crippen LogP contribution in [-0.4, -0.2) is 18.2 Å². The van der Waals surface area contributed by atoms with Crippen LogP contribution < -0.4 is 0 Å². The van der Waals surface area contributed by atoms with Crippen molar-refractivity contribution in [2.45, 2.75) is 32.6 Å². The third-order valence-electron chi connectivity index (χ3n) is 2.65. The zero-order valence-electron chi connectivity index (χ0n) is 8.82. The Morgan fingerprint density at radius 2 is 2.50 bits per heavy atom. The highest BCUT2D eigenvalue weighted by atomic mass is 32.1. The van der Waals surface area contributed by atoms with Gasteiger partial charge >= 0.3 is 0 Å². The first-order valence-electron chi connectivity index (χ1n) is 5.27. The fourth-order valence-electron chi connectivity index (χ4n) is 1.68. The Morgan fingerprint density at radius 1 is 1.64 bits per heavy atom. The van der Waals surface area contributed by atoms with Crippen LogP contribution in [0.1, 0.15) is 36.9 Å². The van der Waals surface area contributed by atoms with Gasteiger partial charge in [-0.25, -0.2) is 4.98 Å². The third-order valence-corrected chi connectivity index (χ3v) is 3.54. The first-order valence-corrected chi connectivity index (χ1v) is 6.15. The Balaban J connectivity index is 1.95. The number of ether oxygens (including phenoxy) is 1. The van der Waals surface area contributed by atoms with Crippen molar-refractivity contribution in [2.24, 2.45) is 5.92 Å². The van der Waals surface area contributed by atoms with Gasteiger partial charge in [-0.3, -0.25) is 0 Å². The number of thiazole rings is 1. The molecule has 1 unspecified atom stereocenters. The van der Waals surface area contributed by atoms with Crippen LogP contribution >= 0.6 is 11.3 Å². The molecular formula is C11H17NOS. The van der Waals surface area contributed by atoms with Crippen molar-refractivity contribution >= 4 is 11.3 Å². The van der Waals surface area contributed by atoms with E-state index in [0.29, 0.717) is 11.8 Å². The maximum atomic E-state index is 5.36. The molecule has 2 heterocycles. The summed E-state index contributed by atoms with van der Waals surface area (Å²) in [6.45, 7) is 6.25. The second kappa shape index (κ2) is 4.41. The summed E-state index contributed by atoms with van der Waals surface area (Å²) in [5.74, 6) is 1.26. The molecule has 78 valence electrons. The fourth-order valence-corrected chi connectivity index (χ4v) is 2.75. The standard InChI is InChI=1S/C11H17NOS/c1-8(2)10-7-14-11(12-10)5-9-3-4-13-6-9/h7-9H,3-6H2,1-2H3. The van der Waals surface area contributed by atoms with Crippen LogP contribution in [0.4, 0.5) is 0 Å². The fraction of sp³-hybridized carbons (Fsp3) is 0.727. The van der Waals surface area contributed by atoms with Crippen LogP contribution in [0, 0.1) is 5.92 Å². The van der Waals surface area contributed by atoms with E-state index in [2.05, 4.69) is 24.2 Å². The first-order chi connectivity index (χ1) is 6.75. The van der Waals surface area contributed by atoms with Gasteiger partial charge in [0.2, 0.25) is 0 Å². The third kappa shape index (κ3) is 2.34. The van der Waals surface area contributed by atoms with E-state index in [4.69, 9.17) is 4.74 Å². The van der Waals surface area contributed by atoms with Gasteiger partial charge in [0.25, 0.3) is 0 Å².